The summed E-state index contributed by atoms with van der Waals surface area (Å²) in [6, 6.07) is 12.0. The van der Waals surface area contributed by atoms with Crippen LogP contribution < -0.4 is 10.1 Å². The highest BCUT2D eigenvalue weighted by Crippen LogP contribution is 2.39. The number of benzene rings is 2. The first kappa shape index (κ1) is 16.4. The summed E-state index contributed by atoms with van der Waals surface area (Å²) in [5.41, 5.74) is 1.96. The summed E-state index contributed by atoms with van der Waals surface area (Å²) in [4.78, 5) is 0.232. The molecule has 0 bridgehead atoms. The first-order chi connectivity index (χ1) is 12.0. The number of nitrogens with zero attached hydrogens (tertiary/aromatic N) is 1. The van der Waals surface area contributed by atoms with Crippen LogP contribution in [0.1, 0.15) is 11.3 Å². The zero-order chi connectivity index (χ0) is 17.6. The highest BCUT2D eigenvalue weighted by atomic mass is 35.5. The maximum absolute atomic E-state index is 13.2. The summed E-state index contributed by atoms with van der Waals surface area (Å²) in [5, 5.41) is 4.45. The van der Waals surface area contributed by atoms with Crippen LogP contribution in [0.3, 0.4) is 0 Å². The highest BCUT2D eigenvalue weighted by molar-refractivity contribution is 7.90. The number of aromatic nitrogens is 1. The number of hydrogen-bond acceptors (Lipinski definition) is 4. The molecule has 4 rings (SSSR count). The molecular weight excluding hydrogens is 360 g/mol. The van der Waals surface area contributed by atoms with Gasteiger partial charge in [-0.15, -0.1) is 0 Å². The Morgan fingerprint density at radius 3 is 2.68 bits per heavy atom. The summed E-state index contributed by atoms with van der Waals surface area (Å²) in [6.07, 6.45) is 0. The molecule has 2 heterocycles. The lowest BCUT2D eigenvalue weighted by Crippen LogP contribution is -2.16. The van der Waals surface area contributed by atoms with E-state index in [9.17, 15) is 8.42 Å². The van der Waals surface area contributed by atoms with Gasteiger partial charge in [0.15, 0.2) is 0 Å². The summed E-state index contributed by atoms with van der Waals surface area (Å²) in [7, 11) is -3.74. The summed E-state index contributed by atoms with van der Waals surface area (Å²) in [5.74, 6) is 0.744. The predicted octanol–water partition coefficient (Wildman–Crippen LogP) is 3.32. The van der Waals surface area contributed by atoms with Gasteiger partial charge in [0.2, 0.25) is 0 Å². The van der Waals surface area contributed by atoms with Crippen molar-refractivity contribution in [2.24, 2.45) is 0 Å². The van der Waals surface area contributed by atoms with E-state index in [1.54, 1.807) is 43.3 Å². The molecule has 1 aromatic heterocycles. The average Bonchev–Trinajstić information content (AvgIpc) is 2.78. The molecule has 0 saturated carbocycles. The Labute approximate surface area is 151 Å². The van der Waals surface area contributed by atoms with E-state index in [1.165, 1.54) is 3.97 Å². The Bertz CT molecular complexity index is 1060. The number of rotatable bonds is 2. The molecule has 0 atom stereocenters. The van der Waals surface area contributed by atoms with Crippen LogP contribution in [0.5, 0.6) is 5.75 Å². The van der Waals surface area contributed by atoms with E-state index >= 15 is 0 Å². The maximum Gasteiger partial charge on any atom is 0.268 e. The standard InChI is InChI=1S/C18H17ClN2O3S/c1-12-18(19)17-14-11-20-9-10-24-16(14)8-7-15(17)21(12)25(22,23)13-5-3-2-4-6-13/h2-8,20H,9-11H2,1H3. The largest absolute Gasteiger partial charge is 0.492 e. The van der Waals surface area contributed by atoms with Crippen LogP contribution in [-0.4, -0.2) is 25.5 Å². The zero-order valence-electron chi connectivity index (χ0n) is 13.6. The lowest BCUT2D eigenvalue weighted by molar-refractivity contribution is 0.326. The van der Waals surface area contributed by atoms with Crippen LogP contribution in [0.15, 0.2) is 47.4 Å². The Kier molecular flexibility index (Phi) is 3.98. The Balaban J connectivity index is 2.04. The average molecular weight is 377 g/mol. The summed E-state index contributed by atoms with van der Waals surface area (Å²) in [6.45, 7) is 3.61. The second-order valence-corrected chi connectivity index (χ2v) is 8.11. The lowest BCUT2D eigenvalue weighted by Gasteiger charge is -2.11. The molecule has 0 unspecified atom stereocenters. The Hall–Kier alpha value is -2.02. The first-order valence-electron chi connectivity index (χ1n) is 7.98. The smallest absolute Gasteiger partial charge is 0.268 e. The second kappa shape index (κ2) is 6.05. The molecular formula is C18H17ClN2O3S. The van der Waals surface area contributed by atoms with Crippen LogP contribution in [0.2, 0.25) is 5.02 Å². The molecule has 3 aromatic rings. The van der Waals surface area contributed by atoms with Gasteiger partial charge in [-0.2, -0.15) is 0 Å². The molecule has 1 aliphatic heterocycles. The van der Waals surface area contributed by atoms with Gasteiger partial charge < -0.3 is 10.1 Å². The van der Waals surface area contributed by atoms with E-state index in [1.807, 2.05) is 6.07 Å². The van der Waals surface area contributed by atoms with Crippen molar-refractivity contribution in [2.45, 2.75) is 18.4 Å². The lowest BCUT2D eigenvalue weighted by atomic mass is 10.1. The Morgan fingerprint density at radius 1 is 1.16 bits per heavy atom. The third-order valence-electron chi connectivity index (χ3n) is 4.43. The molecule has 5 nitrogen and oxygen atoms in total. The van der Waals surface area contributed by atoms with Crippen molar-refractivity contribution >= 4 is 32.5 Å². The molecule has 1 aliphatic rings. The minimum absolute atomic E-state index is 0.232. The molecule has 25 heavy (non-hydrogen) atoms. The van der Waals surface area contributed by atoms with Crippen molar-refractivity contribution in [3.8, 4) is 5.75 Å². The number of hydrogen-bond donors (Lipinski definition) is 1. The molecule has 0 amide bonds. The van der Waals surface area contributed by atoms with E-state index in [0.29, 0.717) is 29.4 Å². The summed E-state index contributed by atoms with van der Waals surface area (Å²) < 4.78 is 33.4. The van der Waals surface area contributed by atoms with Gasteiger partial charge in [0.25, 0.3) is 10.0 Å². The summed E-state index contributed by atoms with van der Waals surface area (Å²) >= 11 is 6.56. The van der Waals surface area contributed by atoms with Gasteiger partial charge in [-0.1, -0.05) is 29.8 Å². The molecule has 130 valence electrons. The number of fused-ring (bicyclic) bond motifs is 3. The molecule has 2 aromatic carbocycles. The highest BCUT2D eigenvalue weighted by Gasteiger charge is 2.27. The van der Waals surface area contributed by atoms with E-state index in [-0.39, 0.29) is 4.90 Å². The monoisotopic (exact) mass is 376 g/mol. The van der Waals surface area contributed by atoms with Gasteiger partial charge in [0.1, 0.15) is 12.4 Å². The quantitative estimate of drug-likeness (QED) is 0.745. The van der Waals surface area contributed by atoms with Crippen LogP contribution >= 0.6 is 11.6 Å². The van der Waals surface area contributed by atoms with Crippen molar-refractivity contribution in [2.75, 3.05) is 13.2 Å². The van der Waals surface area contributed by atoms with Crippen molar-refractivity contribution in [3.63, 3.8) is 0 Å². The van der Waals surface area contributed by atoms with Crippen molar-refractivity contribution < 1.29 is 13.2 Å². The van der Waals surface area contributed by atoms with E-state index in [0.717, 1.165) is 23.2 Å². The third-order valence-corrected chi connectivity index (χ3v) is 6.71. The topological polar surface area (TPSA) is 60.3 Å². The SMILES string of the molecule is Cc1c(Cl)c2c3c(ccc2n1S(=O)(=O)c1ccccc1)OCCNC3. The van der Waals surface area contributed by atoms with Gasteiger partial charge in [0.05, 0.1) is 21.1 Å². The van der Waals surface area contributed by atoms with Gasteiger partial charge >= 0.3 is 0 Å². The molecule has 0 radical (unpaired) electrons. The van der Waals surface area contributed by atoms with Crippen LogP contribution in [0, 0.1) is 6.92 Å². The van der Waals surface area contributed by atoms with Crippen molar-refractivity contribution in [1.82, 2.24) is 9.29 Å². The van der Waals surface area contributed by atoms with Gasteiger partial charge in [0, 0.05) is 24.0 Å². The van der Waals surface area contributed by atoms with E-state index in [2.05, 4.69) is 5.32 Å². The molecule has 0 saturated heterocycles. The molecule has 7 heteroatoms. The normalized spacial score (nSPS) is 14.8. The van der Waals surface area contributed by atoms with Crippen molar-refractivity contribution in [3.05, 3.63) is 58.7 Å². The second-order valence-electron chi connectivity index (χ2n) is 5.94. The predicted molar refractivity (Wildman–Crippen MR) is 97.9 cm³/mol. The van der Waals surface area contributed by atoms with Crippen LogP contribution in [0.4, 0.5) is 0 Å². The first-order valence-corrected chi connectivity index (χ1v) is 9.80. The van der Waals surface area contributed by atoms with Gasteiger partial charge in [-0.05, 0) is 31.2 Å². The van der Waals surface area contributed by atoms with Gasteiger partial charge in [-0.3, -0.25) is 0 Å². The molecule has 0 aliphatic carbocycles. The minimum atomic E-state index is -3.74. The number of nitrogens with one attached hydrogen (secondary N) is 1. The minimum Gasteiger partial charge on any atom is -0.492 e. The van der Waals surface area contributed by atoms with Crippen LogP contribution in [-0.2, 0) is 16.6 Å². The number of ether oxygens (including phenoxy) is 1. The zero-order valence-corrected chi connectivity index (χ0v) is 15.2. The number of halogens is 1. The molecule has 0 spiro atoms. The maximum atomic E-state index is 13.2. The third kappa shape index (κ3) is 2.52. The fourth-order valence-corrected chi connectivity index (χ4v) is 5.17. The molecule has 0 fully saturated rings. The van der Waals surface area contributed by atoms with E-state index in [4.69, 9.17) is 16.3 Å². The Morgan fingerprint density at radius 2 is 1.92 bits per heavy atom. The van der Waals surface area contributed by atoms with Crippen LogP contribution in [0.25, 0.3) is 10.9 Å². The van der Waals surface area contributed by atoms with Crippen molar-refractivity contribution in [1.29, 1.82) is 0 Å². The van der Waals surface area contributed by atoms with Gasteiger partial charge in [-0.25, -0.2) is 12.4 Å². The fraction of sp³-hybridized carbons (Fsp3) is 0.222. The fourth-order valence-electron chi connectivity index (χ4n) is 3.25. The molecule has 1 N–H and O–H groups in total. The van der Waals surface area contributed by atoms with E-state index < -0.39 is 10.0 Å².